The number of nitrogens with one attached hydrogen (secondary N) is 1. The van der Waals surface area contributed by atoms with Crippen LogP contribution in [0.3, 0.4) is 0 Å². The largest absolute Gasteiger partial charge is 0.459 e. The van der Waals surface area contributed by atoms with Crippen molar-refractivity contribution < 1.29 is 14.3 Å². The average molecular weight is 492 g/mol. The van der Waals surface area contributed by atoms with Crippen molar-refractivity contribution in [2.45, 2.75) is 26.0 Å². The monoisotopic (exact) mass is 491 g/mol. The van der Waals surface area contributed by atoms with E-state index in [1.165, 1.54) is 0 Å². The van der Waals surface area contributed by atoms with Crippen LogP contribution < -0.4 is 5.32 Å². The highest BCUT2D eigenvalue weighted by Gasteiger charge is 2.25. The van der Waals surface area contributed by atoms with Gasteiger partial charge in [0.25, 0.3) is 5.91 Å². The number of carbonyl (C=O) groups excluding carboxylic acids is 2. The Bertz CT molecular complexity index is 1090. The minimum Gasteiger partial charge on any atom is -0.459 e. The molecule has 0 aliphatic carbocycles. The van der Waals surface area contributed by atoms with E-state index < -0.39 is 17.9 Å². The number of aryl methyl sites for hydroxylation is 1. The van der Waals surface area contributed by atoms with E-state index in [9.17, 15) is 9.59 Å². The van der Waals surface area contributed by atoms with Crippen LogP contribution in [-0.2, 0) is 16.1 Å². The van der Waals surface area contributed by atoms with Gasteiger partial charge in [0.1, 0.15) is 17.8 Å². The lowest BCUT2D eigenvalue weighted by atomic mass is 10.1. The predicted octanol–water partition coefficient (Wildman–Crippen LogP) is 5.08. The molecule has 9 heteroatoms. The number of carbonyl (C=O) groups is 2. The quantitative estimate of drug-likeness (QED) is 0.422. The van der Waals surface area contributed by atoms with E-state index in [2.05, 4.69) is 10.4 Å². The molecule has 0 aliphatic rings. The summed E-state index contributed by atoms with van der Waals surface area (Å²) in [5.41, 5.74) is 2.39. The topological polar surface area (TPSA) is 73.2 Å². The maximum absolute atomic E-state index is 12.8. The number of ether oxygens (including phenoxy) is 1. The van der Waals surface area contributed by atoms with Crippen molar-refractivity contribution in [3.05, 3.63) is 81.6 Å². The molecule has 0 saturated carbocycles. The number of thioether (sulfide) groups is 1. The first kappa shape index (κ1) is 24.2. The van der Waals surface area contributed by atoms with E-state index in [0.717, 1.165) is 5.69 Å². The molecule has 1 aromatic heterocycles. The van der Waals surface area contributed by atoms with Crippen LogP contribution in [0, 0.1) is 6.92 Å². The number of halogens is 2. The highest BCUT2D eigenvalue weighted by atomic mass is 35.5. The molecule has 6 nitrogen and oxygen atoms in total. The standard InChI is InChI=1S/C23H23Cl2N3O3S/c1-15-18(21(25)28(27-15)16-8-4-3-5-9-16)14-31-23(30)20(12-13-32-2)26-22(29)17-10-6-7-11-19(17)24/h3-11,20H,12-14H2,1-2H3,(H,26,29). The van der Waals surface area contributed by atoms with Gasteiger partial charge in [0.2, 0.25) is 0 Å². The minimum atomic E-state index is -0.811. The summed E-state index contributed by atoms with van der Waals surface area (Å²) in [5, 5.41) is 7.89. The molecule has 3 aromatic rings. The third kappa shape index (κ3) is 5.85. The molecule has 0 radical (unpaired) electrons. The summed E-state index contributed by atoms with van der Waals surface area (Å²) in [4.78, 5) is 25.5. The number of hydrogen-bond donors (Lipinski definition) is 1. The van der Waals surface area contributed by atoms with Gasteiger partial charge in [-0.05, 0) is 49.6 Å². The Morgan fingerprint density at radius 1 is 1.12 bits per heavy atom. The van der Waals surface area contributed by atoms with E-state index >= 15 is 0 Å². The summed E-state index contributed by atoms with van der Waals surface area (Å²) >= 11 is 14.2. The second-order valence-corrected chi connectivity index (χ2v) is 8.75. The molecule has 0 aliphatic heterocycles. The van der Waals surface area contributed by atoms with E-state index in [0.29, 0.717) is 39.2 Å². The van der Waals surface area contributed by atoms with Crippen LogP contribution in [0.4, 0.5) is 0 Å². The SMILES string of the molecule is CSCCC(NC(=O)c1ccccc1Cl)C(=O)OCc1c(C)nn(-c2ccccc2)c1Cl. The van der Waals surface area contributed by atoms with E-state index in [-0.39, 0.29) is 6.61 Å². The second kappa shape index (κ2) is 11.4. The van der Waals surface area contributed by atoms with Gasteiger partial charge in [-0.1, -0.05) is 53.5 Å². The smallest absolute Gasteiger partial charge is 0.329 e. The van der Waals surface area contributed by atoms with E-state index in [4.69, 9.17) is 27.9 Å². The highest BCUT2D eigenvalue weighted by Crippen LogP contribution is 2.24. The van der Waals surface area contributed by atoms with Crippen molar-refractivity contribution in [1.29, 1.82) is 0 Å². The van der Waals surface area contributed by atoms with Crippen LogP contribution in [0.2, 0.25) is 10.2 Å². The van der Waals surface area contributed by atoms with Crippen LogP contribution in [0.25, 0.3) is 5.69 Å². The Morgan fingerprint density at radius 2 is 1.81 bits per heavy atom. The van der Waals surface area contributed by atoms with E-state index in [1.807, 2.05) is 36.6 Å². The fraction of sp³-hybridized carbons (Fsp3) is 0.261. The zero-order chi connectivity index (χ0) is 23.1. The molecule has 168 valence electrons. The van der Waals surface area contributed by atoms with Gasteiger partial charge in [-0.3, -0.25) is 4.79 Å². The first-order chi connectivity index (χ1) is 15.4. The van der Waals surface area contributed by atoms with Crippen LogP contribution in [0.15, 0.2) is 54.6 Å². The van der Waals surface area contributed by atoms with Gasteiger partial charge in [0.15, 0.2) is 0 Å². The van der Waals surface area contributed by atoms with Crippen LogP contribution in [0.1, 0.15) is 28.0 Å². The highest BCUT2D eigenvalue weighted by molar-refractivity contribution is 7.98. The number of rotatable bonds is 9. The molecule has 1 amide bonds. The zero-order valence-corrected chi connectivity index (χ0v) is 20.0. The summed E-state index contributed by atoms with van der Waals surface area (Å²) in [6.07, 6.45) is 2.35. The molecule has 0 fully saturated rings. The number of benzene rings is 2. The van der Waals surface area contributed by atoms with Crippen LogP contribution in [0.5, 0.6) is 0 Å². The number of hydrogen-bond acceptors (Lipinski definition) is 5. The normalized spacial score (nSPS) is 11.8. The third-order valence-electron chi connectivity index (χ3n) is 4.80. The van der Waals surface area contributed by atoms with Gasteiger partial charge in [-0.15, -0.1) is 0 Å². The first-order valence-corrected chi connectivity index (χ1v) is 12.1. The van der Waals surface area contributed by atoms with Crippen molar-refractivity contribution in [3.8, 4) is 5.69 Å². The van der Waals surface area contributed by atoms with Crippen molar-refractivity contribution >= 4 is 46.8 Å². The summed E-state index contributed by atoms with van der Waals surface area (Å²) in [6, 6.07) is 15.3. The summed E-state index contributed by atoms with van der Waals surface area (Å²) < 4.78 is 7.13. The Morgan fingerprint density at radius 3 is 2.50 bits per heavy atom. The van der Waals surface area contributed by atoms with Gasteiger partial charge in [-0.2, -0.15) is 16.9 Å². The van der Waals surface area contributed by atoms with Crippen LogP contribution in [-0.4, -0.2) is 39.7 Å². The second-order valence-electron chi connectivity index (χ2n) is 7.00. The summed E-state index contributed by atoms with van der Waals surface area (Å²) in [5.74, 6) is -0.291. The molecule has 32 heavy (non-hydrogen) atoms. The Balaban J connectivity index is 1.71. The lowest BCUT2D eigenvalue weighted by Gasteiger charge is -2.18. The Kier molecular flexibility index (Phi) is 8.61. The van der Waals surface area contributed by atoms with Gasteiger partial charge < -0.3 is 10.1 Å². The molecule has 1 heterocycles. The molecule has 0 spiro atoms. The molecule has 1 unspecified atom stereocenters. The molecule has 2 aromatic carbocycles. The van der Waals surface area contributed by atoms with Crippen molar-refractivity contribution in [2.24, 2.45) is 0 Å². The average Bonchev–Trinajstić information content (AvgIpc) is 3.08. The Hall–Kier alpha value is -2.48. The van der Waals surface area contributed by atoms with Crippen molar-refractivity contribution in [3.63, 3.8) is 0 Å². The maximum atomic E-state index is 12.8. The van der Waals surface area contributed by atoms with Crippen molar-refractivity contribution in [1.82, 2.24) is 15.1 Å². The van der Waals surface area contributed by atoms with E-state index in [1.54, 1.807) is 47.6 Å². The predicted molar refractivity (Wildman–Crippen MR) is 129 cm³/mol. The maximum Gasteiger partial charge on any atom is 0.329 e. The summed E-state index contributed by atoms with van der Waals surface area (Å²) in [6.45, 7) is 1.76. The van der Waals surface area contributed by atoms with Crippen LogP contribution >= 0.6 is 35.0 Å². The molecule has 1 N–H and O–H groups in total. The third-order valence-corrected chi connectivity index (χ3v) is 6.16. The zero-order valence-electron chi connectivity index (χ0n) is 17.7. The first-order valence-electron chi connectivity index (χ1n) is 9.92. The van der Waals surface area contributed by atoms with Gasteiger partial charge in [0.05, 0.1) is 22.0 Å². The molecule has 3 rings (SSSR count). The fourth-order valence-electron chi connectivity index (χ4n) is 3.05. The molecule has 1 atom stereocenters. The number of esters is 1. The number of nitrogens with zero attached hydrogens (tertiary/aromatic N) is 2. The number of para-hydroxylation sites is 1. The molecular formula is C23H23Cl2N3O3S. The Labute approximate surface area is 201 Å². The molecule has 0 bridgehead atoms. The van der Waals surface area contributed by atoms with Gasteiger partial charge >= 0.3 is 5.97 Å². The fourth-order valence-corrected chi connectivity index (χ4v) is 4.07. The molecule has 0 saturated heterocycles. The van der Waals surface area contributed by atoms with Gasteiger partial charge in [0, 0.05) is 5.56 Å². The number of amides is 1. The molecular weight excluding hydrogens is 469 g/mol. The summed E-state index contributed by atoms with van der Waals surface area (Å²) in [7, 11) is 0. The minimum absolute atomic E-state index is 0.0476. The lowest BCUT2D eigenvalue weighted by molar-refractivity contribution is -0.147. The van der Waals surface area contributed by atoms with Gasteiger partial charge in [-0.25, -0.2) is 9.48 Å². The lowest BCUT2D eigenvalue weighted by Crippen LogP contribution is -2.42. The number of aromatic nitrogens is 2. The van der Waals surface area contributed by atoms with Crippen molar-refractivity contribution in [2.75, 3.05) is 12.0 Å².